The maximum absolute atomic E-state index is 8.58. The maximum Gasteiger partial charge on any atom is 0.170 e. The van der Waals surface area contributed by atoms with Crippen LogP contribution in [0.2, 0.25) is 0 Å². The molecule has 1 heterocycles. The Morgan fingerprint density at radius 2 is 2.11 bits per heavy atom. The fraction of sp³-hybridized carbons (Fsp3) is 0.214. The highest BCUT2D eigenvalue weighted by molar-refractivity contribution is 5.96. The molecule has 2 rings (SSSR count). The number of furan rings is 1. The van der Waals surface area contributed by atoms with Gasteiger partial charge in [0.15, 0.2) is 5.84 Å². The van der Waals surface area contributed by atoms with Crippen LogP contribution in [0.1, 0.15) is 29.9 Å². The predicted molar refractivity (Wildman–Crippen MR) is 72.9 cm³/mol. The Balaban J connectivity index is 1.93. The monoisotopic (exact) mass is 259 g/mol. The van der Waals surface area contributed by atoms with Gasteiger partial charge in [-0.25, -0.2) is 0 Å². The Hall–Kier alpha value is -2.27. The number of hydrogen-bond donors (Lipinski definition) is 3. The van der Waals surface area contributed by atoms with E-state index in [0.29, 0.717) is 5.56 Å². The summed E-state index contributed by atoms with van der Waals surface area (Å²) in [6.45, 7) is 2.77. The van der Waals surface area contributed by atoms with Crippen LogP contribution < -0.4 is 11.1 Å². The number of nitrogens with zero attached hydrogens (tertiary/aromatic N) is 1. The van der Waals surface area contributed by atoms with Crippen LogP contribution in [0.25, 0.3) is 0 Å². The third-order valence-electron chi connectivity index (χ3n) is 2.94. The summed E-state index contributed by atoms with van der Waals surface area (Å²) in [5, 5.41) is 14.9. The van der Waals surface area contributed by atoms with Crippen molar-refractivity contribution in [3.63, 3.8) is 0 Å². The fourth-order valence-electron chi connectivity index (χ4n) is 1.76. The first-order valence-corrected chi connectivity index (χ1v) is 6.04. The van der Waals surface area contributed by atoms with Crippen LogP contribution in [0.5, 0.6) is 0 Å². The minimum atomic E-state index is 0.114. The number of hydrogen-bond acceptors (Lipinski definition) is 4. The smallest absolute Gasteiger partial charge is 0.170 e. The van der Waals surface area contributed by atoms with Gasteiger partial charge < -0.3 is 20.7 Å². The molecule has 0 fully saturated rings. The van der Waals surface area contributed by atoms with Gasteiger partial charge in [-0.05, 0) is 24.6 Å². The third kappa shape index (κ3) is 3.35. The molecule has 4 N–H and O–H groups in total. The summed E-state index contributed by atoms with van der Waals surface area (Å²) >= 11 is 0. The summed E-state index contributed by atoms with van der Waals surface area (Å²) in [4.78, 5) is 0. The Labute approximate surface area is 111 Å². The highest BCUT2D eigenvalue weighted by Gasteiger charge is 2.07. The lowest BCUT2D eigenvalue weighted by Gasteiger charge is -2.11. The summed E-state index contributed by atoms with van der Waals surface area (Å²) in [6, 6.07) is 11.5. The van der Waals surface area contributed by atoms with Gasteiger partial charge >= 0.3 is 0 Å². The molecule has 0 aliphatic heterocycles. The number of nitrogens with one attached hydrogen (secondary N) is 1. The van der Waals surface area contributed by atoms with Gasteiger partial charge in [-0.1, -0.05) is 29.4 Å². The van der Waals surface area contributed by atoms with Crippen molar-refractivity contribution in [1.82, 2.24) is 5.32 Å². The van der Waals surface area contributed by atoms with E-state index >= 15 is 0 Å². The topological polar surface area (TPSA) is 83.8 Å². The first-order chi connectivity index (χ1) is 9.20. The maximum atomic E-state index is 8.58. The minimum absolute atomic E-state index is 0.114. The molecule has 1 aromatic heterocycles. The number of benzene rings is 1. The van der Waals surface area contributed by atoms with Crippen molar-refractivity contribution in [2.45, 2.75) is 19.5 Å². The van der Waals surface area contributed by atoms with Crippen molar-refractivity contribution in [3.8, 4) is 0 Å². The van der Waals surface area contributed by atoms with Crippen molar-refractivity contribution >= 4 is 5.84 Å². The number of nitrogens with two attached hydrogens (primary N) is 1. The summed E-state index contributed by atoms with van der Waals surface area (Å²) in [6.07, 6.45) is 1.67. The molecule has 2 aromatic rings. The molecule has 5 nitrogen and oxygen atoms in total. The van der Waals surface area contributed by atoms with E-state index in [9.17, 15) is 0 Å². The average Bonchev–Trinajstić information content (AvgIpc) is 2.98. The van der Waals surface area contributed by atoms with Gasteiger partial charge in [-0.2, -0.15) is 0 Å². The molecule has 0 saturated heterocycles. The molecule has 100 valence electrons. The summed E-state index contributed by atoms with van der Waals surface area (Å²) in [7, 11) is 0. The molecular weight excluding hydrogens is 242 g/mol. The number of amidine groups is 1. The van der Waals surface area contributed by atoms with E-state index in [1.165, 1.54) is 0 Å². The number of oxime groups is 1. The van der Waals surface area contributed by atoms with Gasteiger partial charge in [0.1, 0.15) is 5.76 Å². The first-order valence-electron chi connectivity index (χ1n) is 6.04. The molecule has 0 aliphatic carbocycles. The van der Waals surface area contributed by atoms with Gasteiger partial charge in [-0.15, -0.1) is 0 Å². The van der Waals surface area contributed by atoms with Crippen LogP contribution in [0.4, 0.5) is 0 Å². The molecule has 1 aromatic carbocycles. The minimum Gasteiger partial charge on any atom is -0.468 e. The highest BCUT2D eigenvalue weighted by atomic mass is 16.4. The Morgan fingerprint density at radius 1 is 1.37 bits per heavy atom. The Kier molecular flexibility index (Phi) is 4.20. The standard InChI is InChI=1S/C14H17N3O2/c1-10(13-3-2-8-19-13)16-9-11-4-6-12(7-5-11)14(15)17-18/h2-8,10,16,18H,9H2,1H3,(H2,15,17)/t10-/m1/s1. The molecule has 0 aliphatic rings. The van der Waals surface area contributed by atoms with E-state index in [1.807, 2.05) is 43.3 Å². The van der Waals surface area contributed by atoms with E-state index in [1.54, 1.807) is 6.26 Å². The van der Waals surface area contributed by atoms with Gasteiger partial charge in [0.2, 0.25) is 0 Å². The lowest BCUT2D eigenvalue weighted by Crippen LogP contribution is -2.18. The van der Waals surface area contributed by atoms with E-state index < -0.39 is 0 Å². The van der Waals surface area contributed by atoms with Crippen molar-refractivity contribution in [2.75, 3.05) is 0 Å². The molecule has 1 atom stereocenters. The SMILES string of the molecule is C[C@@H](NCc1ccc(/C(N)=N/O)cc1)c1ccco1. The summed E-state index contributed by atoms with van der Waals surface area (Å²) in [5.41, 5.74) is 7.32. The molecule has 0 amide bonds. The highest BCUT2D eigenvalue weighted by Crippen LogP contribution is 2.13. The van der Waals surface area contributed by atoms with Crippen LogP contribution >= 0.6 is 0 Å². The quantitative estimate of drug-likeness (QED) is 0.333. The van der Waals surface area contributed by atoms with Gasteiger partial charge in [0.25, 0.3) is 0 Å². The largest absolute Gasteiger partial charge is 0.468 e. The molecule has 19 heavy (non-hydrogen) atoms. The Bertz CT molecular complexity index is 532. The zero-order valence-corrected chi connectivity index (χ0v) is 10.7. The second kappa shape index (κ2) is 6.06. The van der Waals surface area contributed by atoms with E-state index in [-0.39, 0.29) is 11.9 Å². The predicted octanol–water partition coefficient (Wildman–Crippen LogP) is 2.22. The van der Waals surface area contributed by atoms with Crippen molar-refractivity contribution < 1.29 is 9.62 Å². The summed E-state index contributed by atoms with van der Waals surface area (Å²) in [5.74, 6) is 1.02. The van der Waals surface area contributed by atoms with Crippen LogP contribution in [0.15, 0.2) is 52.2 Å². The first kappa shape index (κ1) is 13.2. The molecule has 0 saturated carbocycles. The normalized spacial score (nSPS) is 13.4. The van der Waals surface area contributed by atoms with Gasteiger partial charge in [0.05, 0.1) is 12.3 Å². The molecule has 0 spiro atoms. The second-order valence-corrected chi connectivity index (χ2v) is 4.30. The molecule has 0 radical (unpaired) electrons. The average molecular weight is 259 g/mol. The van der Waals surface area contributed by atoms with E-state index in [0.717, 1.165) is 17.9 Å². The molecule has 0 unspecified atom stereocenters. The van der Waals surface area contributed by atoms with Crippen molar-refractivity contribution in [2.24, 2.45) is 10.9 Å². The number of rotatable bonds is 5. The summed E-state index contributed by atoms with van der Waals surface area (Å²) < 4.78 is 5.33. The van der Waals surface area contributed by atoms with E-state index in [2.05, 4.69) is 10.5 Å². The van der Waals surface area contributed by atoms with Crippen LogP contribution in [-0.4, -0.2) is 11.0 Å². The van der Waals surface area contributed by atoms with Crippen LogP contribution in [0, 0.1) is 0 Å². The molecule has 5 heteroatoms. The van der Waals surface area contributed by atoms with Crippen LogP contribution in [0.3, 0.4) is 0 Å². The molecular formula is C14H17N3O2. The zero-order chi connectivity index (χ0) is 13.7. The molecule has 0 bridgehead atoms. The lowest BCUT2D eigenvalue weighted by molar-refractivity contribution is 0.318. The Morgan fingerprint density at radius 3 is 2.68 bits per heavy atom. The fourth-order valence-corrected chi connectivity index (χ4v) is 1.76. The van der Waals surface area contributed by atoms with Crippen molar-refractivity contribution in [1.29, 1.82) is 0 Å². The zero-order valence-electron chi connectivity index (χ0n) is 10.7. The van der Waals surface area contributed by atoms with Gasteiger partial charge in [-0.3, -0.25) is 0 Å². The van der Waals surface area contributed by atoms with Gasteiger partial charge in [0, 0.05) is 12.1 Å². The van der Waals surface area contributed by atoms with Crippen LogP contribution in [-0.2, 0) is 6.54 Å². The second-order valence-electron chi connectivity index (χ2n) is 4.30. The lowest BCUT2D eigenvalue weighted by atomic mass is 10.1. The third-order valence-corrected chi connectivity index (χ3v) is 2.94. The van der Waals surface area contributed by atoms with E-state index in [4.69, 9.17) is 15.4 Å². The van der Waals surface area contributed by atoms with Crippen molar-refractivity contribution in [3.05, 3.63) is 59.5 Å².